The molecule has 80 valence electrons. The van der Waals surface area contributed by atoms with Gasteiger partial charge in [-0.15, -0.1) is 0 Å². The molecule has 0 aromatic rings. The average Bonchev–Trinajstić information content (AvgIpc) is 2.01. The molecule has 0 saturated heterocycles. The molecule has 0 fully saturated rings. The Morgan fingerprint density at radius 3 is 2.46 bits per heavy atom. The molecule has 0 spiro atoms. The lowest BCUT2D eigenvalue weighted by atomic mass is 10.1. The summed E-state index contributed by atoms with van der Waals surface area (Å²) in [4.78, 5) is 0. The van der Waals surface area contributed by atoms with Gasteiger partial charge >= 0.3 is 0 Å². The van der Waals surface area contributed by atoms with Crippen molar-refractivity contribution in [3.05, 3.63) is 0 Å². The van der Waals surface area contributed by atoms with Crippen molar-refractivity contribution in [2.24, 2.45) is 0 Å². The first-order chi connectivity index (χ1) is 6.06. The fourth-order valence-electron chi connectivity index (χ4n) is 1.02. The molecule has 0 amide bonds. The molecule has 0 heterocycles. The summed E-state index contributed by atoms with van der Waals surface area (Å²) in [6.45, 7) is 6.41. The van der Waals surface area contributed by atoms with E-state index in [9.17, 15) is 5.11 Å². The van der Waals surface area contributed by atoms with Crippen LogP contribution in [0.15, 0.2) is 0 Å². The van der Waals surface area contributed by atoms with Gasteiger partial charge in [0.1, 0.15) is 0 Å². The highest BCUT2D eigenvalue weighted by Crippen LogP contribution is 2.04. The number of aliphatic hydroxyl groups is 1. The van der Waals surface area contributed by atoms with Crippen molar-refractivity contribution in [3.8, 4) is 0 Å². The van der Waals surface area contributed by atoms with Crippen LogP contribution in [0.4, 0.5) is 0 Å². The second-order valence-electron chi connectivity index (χ2n) is 4.01. The summed E-state index contributed by atoms with van der Waals surface area (Å²) in [5.74, 6) is 0. The van der Waals surface area contributed by atoms with Crippen LogP contribution in [0.25, 0.3) is 0 Å². The van der Waals surface area contributed by atoms with Crippen molar-refractivity contribution < 1.29 is 9.84 Å². The van der Waals surface area contributed by atoms with Gasteiger partial charge in [-0.2, -0.15) is 0 Å². The van der Waals surface area contributed by atoms with Crippen molar-refractivity contribution in [1.82, 2.24) is 5.32 Å². The van der Waals surface area contributed by atoms with E-state index in [-0.39, 0.29) is 0 Å². The third-order valence-electron chi connectivity index (χ3n) is 1.87. The Balaban J connectivity index is 3.00. The second-order valence-corrected chi connectivity index (χ2v) is 4.01. The van der Waals surface area contributed by atoms with E-state index in [0.717, 1.165) is 39.0 Å². The predicted molar refractivity (Wildman–Crippen MR) is 54.9 cm³/mol. The molecule has 0 aromatic carbocycles. The zero-order valence-electron chi connectivity index (χ0n) is 9.10. The number of ether oxygens (including phenoxy) is 1. The molecule has 0 unspecified atom stereocenters. The van der Waals surface area contributed by atoms with Crippen LogP contribution in [0.5, 0.6) is 0 Å². The molecule has 0 aliphatic carbocycles. The van der Waals surface area contributed by atoms with Crippen molar-refractivity contribution >= 4 is 0 Å². The molecule has 0 aromatic heterocycles. The molecule has 0 saturated carbocycles. The summed E-state index contributed by atoms with van der Waals surface area (Å²) in [5, 5.41) is 12.7. The minimum absolute atomic E-state index is 0.542. The second kappa shape index (κ2) is 7.30. The summed E-state index contributed by atoms with van der Waals surface area (Å²) in [7, 11) is 1.72. The number of rotatable bonds is 8. The van der Waals surface area contributed by atoms with Gasteiger partial charge in [0.05, 0.1) is 5.60 Å². The van der Waals surface area contributed by atoms with Crippen LogP contribution in [0, 0.1) is 0 Å². The summed E-state index contributed by atoms with van der Waals surface area (Å²) in [6.07, 6.45) is 3.04. The fourth-order valence-corrected chi connectivity index (χ4v) is 1.02. The number of methoxy groups -OCH3 is 1. The lowest BCUT2D eigenvalue weighted by Gasteiger charge is -2.16. The summed E-state index contributed by atoms with van der Waals surface area (Å²) in [5.41, 5.74) is -0.542. The third kappa shape index (κ3) is 11.9. The van der Waals surface area contributed by atoms with Crippen molar-refractivity contribution in [3.63, 3.8) is 0 Å². The van der Waals surface area contributed by atoms with Crippen molar-refractivity contribution in [2.75, 3.05) is 26.8 Å². The zero-order valence-corrected chi connectivity index (χ0v) is 9.10. The van der Waals surface area contributed by atoms with Crippen LogP contribution in [0.3, 0.4) is 0 Å². The number of nitrogens with one attached hydrogen (secondary N) is 1. The van der Waals surface area contributed by atoms with Gasteiger partial charge in [0.15, 0.2) is 0 Å². The molecule has 13 heavy (non-hydrogen) atoms. The van der Waals surface area contributed by atoms with Gasteiger partial charge in [-0.1, -0.05) is 0 Å². The SMILES string of the molecule is COCCCCNCCC(C)(C)O. The Hall–Kier alpha value is -0.120. The number of hydrogen-bond donors (Lipinski definition) is 2. The first-order valence-corrected chi connectivity index (χ1v) is 4.98. The lowest BCUT2D eigenvalue weighted by Crippen LogP contribution is -2.27. The Labute approximate surface area is 81.5 Å². The Morgan fingerprint density at radius 2 is 1.92 bits per heavy atom. The Kier molecular flexibility index (Phi) is 7.23. The van der Waals surface area contributed by atoms with E-state index in [1.165, 1.54) is 0 Å². The number of hydrogen-bond acceptors (Lipinski definition) is 3. The van der Waals surface area contributed by atoms with E-state index in [1.807, 2.05) is 13.8 Å². The molecule has 0 rings (SSSR count). The van der Waals surface area contributed by atoms with E-state index in [4.69, 9.17) is 4.74 Å². The van der Waals surface area contributed by atoms with E-state index >= 15 is 0 Å². The first-order valence-electron chi connectivity index (χ1n) is 4.98. The van der Waals surface area contributed by atoms with Crippen molar-refractivity contribution in [1.29, 1.82) is 0 Å². The molecule has 3 nitrogen and oxygen atoms in total. The largest absolute Gasteiger partial charge is 0.390 e. The van der Waals surface area contributed by atoms with Crippen LogP contribution < -0.4 is 5.32 Å². The maximum Gasteiger partial charge on any atom is 0.0603 e. The van der Waals surface area contributed by atoms with Crippen LogP contribution in [0.1, 0.15) is 33.1 Å². The molecule has 0 radical (unpaired) electrons. The van der Waals surface area contributed by atoms with Crippen LogP contribution in [-0.4, -0.2) is 37.5 Å². The normalized spacial score (nSPS) is 12.0. The smallest absolute Gasteiger partial charge is 0.0603 e. The van der Waals surface area contributed by atoms with Crippen LogP contribution in [-0.2, 0) is 4.74 Å². The van der Waals surface area contributed by atoms with Gasteiger partial charge in [-0.25, -0.2) is 0 Å². The van der Waals surface area contributed by atoms with Gasteiger partial charge in [-0.05, 0) is 46.2 Å². The highest BCUT2D eigenvalue weighted by molar-refractivity contribution is 4.66. The van der Waals surface area contributed by atoms with E-state index < -0.39 is 5.60 Å². The maximum atomic E-state index is 9.40. The monoisotopic (exact) mass is 189 g/mol. The van der Waals surface area contributed by atoms with Crippen molar-refractivity contribution in [2.45, 2.75) is 38.7 Å². The zero-order chi connectivity index (χ0) is 10.2. The topological polar surface area (TPSA) is 41.5 Å². The van der Waals surface area contributed by atoms with Gasteiger partial charge in [0, 0.05) is 13.7 Å². The molecule has 2 N–H and O–H groups in total. The average molecular weight is 189 g/mol. The fraction of sp³-hybridized carbons (Fsp3) is 1.00. The van der Waals surface area contributed by atoms with Gasteiger partial charge < -0.3 is 15.2 Å². The predicted octanol–water partition coefficient (Wildman–Crippen LogP) is 1.16. The Bertz CT molecular complexity index is 110. The van der Waals surface area contributed by atoms with E-state index in [1.54, 1.807) is 7.11 Å². The molecule has 0 aliphatic rings. The summed E-state index contributed by atoms with van der Waals surface area (Å²) < 4.78 is 4.93. The minimum Gasteiger partial charge on any atom is -0.390 e. The van der Waals surface area contributed by atoms with E-state index in [0.29, 0.717) is 0 Å². The maximum absolute atomic E-state index is 9.40. The summed E-state index contributed by atoms with van der Waals surface area (Å²) >= 11 is 0. The molecule has 0 atom stereocenters. The molecular weight excluding hydrogens is 166 g/mol. The van der Waals surface area contributed by atoms with E-state index in [2.05, 4.69) is 5.32 Å². The highest BCUT2D eigenvalue weighted by Gasteiger charge is 2.10. The third-order valence-corrected chi connectivity index (χ3v) is 1.87. The van der Waals surface area contributed by atoms with Crippen LogP contribution in [0.2, 0.25) is 0 Å². The quantitative estimate of drug-likeness (QED) is 0.563. The molecular formula is C10H23NO2. The summed E-state index contributed by atoms with van der Waals surface area (Å²) in [6, 6.07) is 0. The molecule has 0 aliphatic heterocycles. The van der Waals surface area contributed by atoms with Gasteiger partial charge in [0.2, 0.25) is 0 Å². The van der Waals surface area contributed by atoms with Crippen LogP contribution >= 0.6 is 0 Å². The highest BCUT2D eigenvalue weighted by atomic mass is 16.5. The van der Waals surface area contributed by atoms with Gasteiger partial charge in [0.25, 0.3) is 0 Å². The standard InChI is InChI=1S/C10H23NO2/c1-10(2,12)6-8-11-7-4-5-9-13-3/h11-12H,4-9H2,1-3H3. The molecule has 3 heteroatoms. The Morgan fingerprint density at radius 1 is 1.23 bits per heavy atom. The molecule has 0 bridgehead atoms. The minimum atomic E-state index is -0.542. The van der Waals surface area contributed by atoms with Gasteiger partial charge in [-0.3, -0.25) is 0 Å². The first kappa shape index (κ1) is 12.9. The number of unbranched alkanes of at least 4 members (excludes halogenated alkanes) is 1. The lowest BCUT2D eigenvalue weighted by molar-refractivity contribution is 0.0712.